The fourth-order valence-corrected chi connectivity index (χ4v) is 5.34. The molecule has 212 valence electrons. The normalized spacial score (nSPS) is 14.8. The van der Waals surface area contributed by atoms with Crippen LogP contribution in [-0.4, -0.2) is 78.5 Å². The molecule has 40 heavy (non-hydrogen) atoms. The predicted molar refractivity (Wildman–Crippen MR) is 150 cm³/mol. The largest absolute Gasteiger partial charge is 0.496 e. The number of piperidine rings is 1. The van der Waals surface area contributed by atoms with Gasteiger partial charge in [-0.05, 0) is 80.4 Å². The van der Waals surface area contributed by atoms with Crippen LogP contribution in [-0.2, 0) is 16.0 Å². The molecule has 1 fully saturated rings. The molecule has 0 saturated carbocycles. The van der Waals surface area contributed by atoms with Gasteiger partial charge in [0.05, 0.1) is 7.11 Å². The molecule has 3 N–H and O–H groups in total. The van der Waals surface area contributed by atoms with Crippen molar-refractivity contribution in [2.75, 3.05) is 26.7 Å². The summed E-state index contributed by atoms with van der Waals surface area (Å²) in [6, 6.07) is 8.44. The van der Waals surface area contributed by atoms with E-state index in [1.165, 1.54) is 60.8 Å². The molecule has 1 unspecified atom stereocenters. The summed E-state index contributed by atoms with van der Waals surface area (Å²) < 4.78 is 7.49. The first-order chi connectivity index (χ1) is 19.4. The molecule has 5 rings (SSSR count). The Bertz CT molecular complexity index is 1380. The summed E-state index contributed by atoms with van der Waals surface area (Å²) in [5, 5.41) is 23.9. The van der Waals surface area contributed by atoms with E-state index in [0.29, 0.717) is 5.92 Å². The SMILES string of the molecule is COc1ccncc1C(C)CN1CCC(CCCc2c[nH]c3ccc(-n4cnnc4)cc23)CC1.O=C(O)C(=O)O. The Labute approximate surface area is 232 Å². The van der Waals surface area contributed by atoms with Crippen molar-refractivity contribution in [1.82, 2.24) is 29.6 Å². The fraction of sp³-hybridized carbons (Fsp3) is 0.414. The van der Waals surface area contributed by atoms with Gasteiger partial charge < -0.3 is 24.8 Å². The van der Waals surface area contributed by atoms with Gasteiger partial charge in [-0.25, -0.2) is 9.59 Å². The maximum absolute atomic E-state index is 9.10. The number of aliphatic carboxylic acids is 2. The standard InChI is InChI=1S/C27H34N6O.C2H2O4/c1-20(25-16-28-11-8-27(25)34-2)17-32-12-9-21(10-13-32)4-3-5-22-15-29-26-7-6-23(14-24(22)26)33-18-30-31-19-33;3-1(4)2(5)6/h6-8,11,14-16,18-21,29H,3-5,9-10,12-13,17H2,1-2H3;(H,3,4)(H,5,6). The molecule has 0 spiro atoms. The summed E-state index contributed by atoms with van der Waals surface area (Å²) in [5.74, 6) is -1.45. The van der Waals surface area contributed by atoms with Crippen molar-refractivity contribution >= 4 is 22.8 Å². The maximum Gasteiger partial charge on any atom is 0.414 e. The minimum Gasteiger partial charge on any atom is -0.496 e. The summed E-state index contributed by atoms with van der Waals surface area (Å²) in [5.41, 5.74) is 4.91. The van der Waals surface area contributed by atoms with Crippen molar-refractivity contribution in [3.63, 3.8) is 0 Å². The summed E-state index contributed by atoms with van der Waals surface area (Å²) in [4.78, 5) is 28.5. The number of nitrogens with one attached hydrogen (secondary N) is 1. The monoisotopic (exact) mass is 548 g/mol. The van der Waals surface area contributed by atoms with E-state index in [0.717, 1.165) is 30.3 Å². The number of pyridine rings is 1. The van der Waals surface area contributed by atoms with Gasteiger partial charge in [-0.3, -0.25) is 9.55 Å². The van der Waals surface area contributed by atoms with Crippen LogP contribution in [0.1, 0.15) is 49.7 Å². The van der Waals surface area contributed by atoms with Gasteiger partial charge in [-0.1, -0.05) is 13.3 Å². The zero-order valence-electron chi connectivity index (χ0n) is 22.9. The molecule has 0 radical (unpaired) electrons. The molecule has 0 bridgehead atoms. The van der Waals surface area contributed by atoms with Gasteiger partial charge in [-0.15, -0.1) is 10.2 Å². The van der Waals surface area contributed by atoms with Crippen LogP contribution in [0.4, 0.5) is 0 Å². The first kappa shape index (κ1) is 28.8. The second kappa shape index (κ2) is 13.7. The van der Waals surface area contributed by atoms with Crippen molar-refractivity contribution in [1.29, 1.82) is 0 Å². The van der Waals surface area contributed by atoms with E-state index in [9.17, 15) is 0 Å². The number of H-pyrrole nitrogens is 1. The Hall–Kier alpha value is -4.25. The number of carboxylic acid groups (broad SMARTS) is 2. The van der Waals surface area contributed by atoms with E-state index < -0.39 is 11.9 Å². The average Bonchev–Trinajstić information content (AvgIpc) is 3.65. The van der Waals surface area contributed by atoms with Crippen LogP contribution in [0.2, 0.25) is 0 Å². The Morgan fingerprint density at radius 1 is 1.12 bits per heavy atom. The van der Waals surface area contributed by atoms with E-state index in [1.807, 2.05) is 16.8 Å². The van der Waals surface area contributed by atoms with Gasteiger partial charge >= 0.3 is 11.9 Å². The molecule has 4 heterocycles. The number of ether oxygens (including phenoxy) is 1. The summed E-state index contributed by atoms with van der Waals surface area (Å²) >= 11 is 0. The van der Waals surface area contributed by atoms with Gasteiger partial charge in [-0.2, -0.15) is 0 Å². The van der Waals surface area contributed by atoms with Crippen LogP contribution >= 0.6 is 0 Å². The predicted octanol–water partition coefficient (Wildman–Crippen LogP) is 4.15. The first-order valence-electron chi connectivity index (χ1n) is 13.5. The van der Waals surface area contributed by atoms with E-state index in [4.69, 9.17) is 24.5 Å². The zero-order valence-corrected chi connectivity index (χ0v) is 22.9. The van der Waals surface area contributed by atoms with Crippen LogP contribution < -0.4 is 4.74 Å². The minimum absolute atomic E-state index is 0.421. The highest BCUT2D eigenvalue weighted by molar-refractivity contribution is 6.27. The number of aryl methyl sites for hydroxylation is 1. The van der Waals surface area contributed by atoms with Crippen molar-refractivity contribution in [2.45, 2.75) is 44.9 Å². The maximum atomic E-state index is 9.10. The molecule has 4 aromatic rings. The number of likely N-dealkylation sites (tertiary alicyclic amines) is 1. The van der Waals surface area contributed by atoms with Crippen molar-refractivity contribution < 1.29 is 24.5 Å². The second-order valence-corrected chi connectivity index (χ2v) is 10.2. The molecule has 1 aliphatic rings. The number of carbonyl (C=O) groups is 2. The van der Waals surface area contributed by atoms with E-state index in [-0.39, 0.29) is 0 Å². The Balaban J connectivity index is 0.000000557. The number of benzene rings is 1. The third-order valence-corrected chi connectivity index (χ3v) is 7.51. The van der Waals surface area contributed by atoms with Crippen molar-refractivity contribution in [3.8, 4) is 11.4 Å². The van der Waals surface area contributed by atoms with E-state index in [2.05, 4.69) is 56.4 Å². The number of hydrogen-bond acceptors (Lipinski definition) is 7. The molecular weight excluding hydrogens is 512 g/mol. The summed E-state index contributed by atoms with van der Waals surface area (Å²) in [6.07, 6.45) is 15.7. The molecule has 11 heteroatoms. The molecule has 1 aliphatic heterocycles. The van der Waals surface area contributed by atoms with Crippen molar-refractivity contribution in [3.05, 3.63) is 66.6 Å². The molecule has 1 atom stereocenters. The lowest BCUT2D eigenvalue weighted by atomic mass is 9.90. The molecule has 0 aliphatic carbocycles. The van der Waals surface area contributed by atoms with Crippen molar-refractivity contribution in [2.24, 2.45) is 5.92 Å². The number of nitrogens with zero attached hydrogens (tertiary/aromatic N) is 5. The van der Waals surface area contributed by atoms with Crippen LogP contribution in [0.3, 0.4) is 0 Å². The molecule has 3 aromatic heterocycles. The van der Waals surface area contributed by atoms with Crippen LogP contribution in [0.5, 0.6) is 5.75 Å². The number of rotatable bonds is 9. The van der Waals surface area contributed by atoms with E-state index in [1.54, 1.807) is 26.0 Å². The fourth-order valence-electron chi connectivity index (χ4n) is 5.34. The third-order valence-electron chi connectivity index (χ3n) is 7.51. The number of hydrogen-bond donors (Lipinski definition) is 3. The number of fused-ring (bicyclic) bond motifs is 1. The zero-order chi connectivity index (χ0) is 28.5. The van der Waals surface area contributed by atoms with Gasteiger partial charge in [0.15, 0.2) is 0 Å². The molecule has 1 aromatic carbocycles. The quantitative estimate of drug-likeness (QED) is 0.263. The van der Waals surface area contributed by atoms with Gasteiger partial charge in [0.2, 0.25) is 0 Å². The smallest absolute Gasteiger partial charge is 0.414 e. The lowest BCUT2D eigenvalue weighted by Gasteiger charge is -2.33. The molecule has 0 amide bonds. The lowest BCUT2D eigenvalue weighted by molar-refractivity contribution is -0.159. The minimum atomic E-state index is -1.82. The van der Waals surface area contributed by atoms with Crippen LogP contribution in [0.25, 0.3) is 16.6 Å². The van der Waals surface area contributed by atoms with Gasteiger partial charge in [0, 0.05) is 47.3 Å². The summed E-state index contributed by atoms with van der Waals surface area (Å²) in [7, 11) is 1.74. The van der Waals surface area contributed by atoms with Crippen LogP contribution in [0.15, 0.2) is 55.5 Å². The number of aromatic amines is 1. The van der Waals surface area contributed by atoms with E-state index >= 15 is 0 Å². The lowest BCUT2D eigenvalue weighted by Crippen LogP contribution is -2.36. The Morgan fingerprint density at radius 2 is 1.85 bits per heavy atom. The Kier molecular flexibility index (Phi) is 9.85. The van der Waals surface area contributed by atoms with Crippen LogP contribution in [0, 0.1) is 5.92 Å². The number of carboxylic acids is 2. The molecule has 1 saturated heterocycles. The second-order valence-electron chi connectivity index (χ2n) is 10.2. The Morgan fingerprint density at radius 3 is 2.52 bits per heavy atom. The molecule has 11 nitrogen and oxygen atoms in total. The number of aromatic nitrogens is 5. The molecular formula is C29H36N6O5. The number of methoxy groups -OCH3 is 1. The average molecular weight is 549 g/mol. The van der Waals surface area contributed by atoms with Gasteiger partial charge in [0.1, 0.15) is 18.4 Å². The third kappa shape index (κ3) is 7.44. The summed E-state index contributed by atoms with van der Waals surface area (Å²) in [6.45, 7) is 5.72. The highest BCUT2D eigenvalue weighted by Crippen LogP contribution is 2.29. The van der Waals surface area contributed by atoms with Gasteiger partial charge in [0.25, 0.3) is 0 Å². The highest BCUT2D eigenvalue weighted by Gasteiger charge is 2.22. The first-order valence-corrected chi connectivity index (χ1v) is 13.5. The highest BCUT2D eigenvalue weighted by atomic mass is 16.5. The topological polar surface area (TPSA) is 146 Å².